The van der Waals surface area contributed by atoms with Crippen molar-refractivity contribution in [3.8, 4) is 0 Å². The molecule has 0 bridgehead atoms. The fourth-order valence-electron chi connectivity index (χ4n) is 2.63. The number of carbonyl (C=O) groups is 2. The smallest absolute Gasteiger partial charge is 0.310 e. The van der Waals surface area contributed by atoms with E-state index in [0.29, 0.717) is 13.1 Å². The molecule has 0 N–H and O–H groups in total. The second kappa shape index (κ2) is 6.07. The van der Waals surface area contributed by atoms with E-state index in [1.54, 1.807) is 9.58 Å². The molecule has 6 nitrogen and oxygen atoms in total. The Bertz CT molecular complexity index is 510. The Hall–Kier alpha value is -1.85. The number of piperidine rings is 1. The molecule has 0 spiro atoms. The number of nitrogens with zero attached hydrogens (tertiary/aromatic N) is 3. The third-order valence-electron chi connectivity index (χ3n) is 3.70. The number of esters is 1. The highest BCUT2D eigenvalue weighted by Gasteiger charge is 2.29. The number of methoxy groups -OCH3 is 1. The number of hydrogen-bond donors (Lipinski definition) is 0. The van der Waals surface area contributed by atoms with E-state index < -0.39 is 0 Å². The van der Waals surface area contributed by atoms with E-state index in [0.717, 1.165) is 24.2 Å². The van der Waals surface area contributed by atoms with Gasteiger partial charge in [0.2, 0.25) is 5.91 Å². The van der Waals surface area contributed by atoms with Crippen LogP contribution < -0.4 is 0 Å². The van der Waals surface area contributed by atoms with E-state index >= 15 is 0 Å². The minimum absolute atomic E-state index is 0.00445. The van der Waals surface area contributed by atoms with Crippen molar-refractivity contribution in [3.05, 3.63) is 17.5 Å². The number of amides is 1. The van der Waals surface area contributed by atoms with E-state index in [1.165, 1.54) is 7.11 Å². The molecule has 1 aliphatic rings. The summed E-state index contributed by atoms with van der Waals surface area (Å²) in [6.45, 7) is 5.22. The molecule has 0 aliphatic carbocycles. The molecule has 0 radical (unpaired) electrons. The zero-order chi connectivity index (χ0) is 14.7. The highest BCUT2D eigenvalue weighted by atomic mass is 16.5. The minimum Gasteiger partial charge on any atom is -0.469 e. The average Bonchev–Trinajstić information content (AvgIpc) is 2.76. The van der Waals surface area contributed by atoms with Crippen molar-refractivity contribution in [2.24, 2.45) is 5.92 Å². The molecule has 1 unspecified atom stereocenters. The lowest BCUT2D eigenvalue weighted by Crippen LogP contribution is -2.44. The zero-order valence-corrected chi connectivity index (χ0v) is 12.3. The Morgan fingerprint density at radius 3 is 2.80 bits per heavy atom. The fourth-order valence-corrected chi connectivity index (χ4v) is 2.63. The predicted octanol–water partition coefficient (Wildman–Crippen LogP) is 0.912. The van der Waals surface area contributed by atoms with Gasteiger partial charge in [-0.1, -0.05) is 0 Å². The number of ether oxygens (including phenoxy) is 1. The van der Waals surface area contributed by atoms with E-state index in [-0.39, 0.29) is 24.3 Å². The second-order valence-corrected chi connectivity index (χ2v) is 5.29. The third-order valence-corrected chi connectivity index (χ3v) is 3.70. The van der Waals surface area contributed by atoms with Gasteiger partial charge in [0.15, 0.2) is 0 Å². The van der Waals surface area contributed by atoms with Crippen LogP contribution in [0.15, 0.2) is 6.07 Å². The highest BCUT2D eigenvalue weighted by Crippen LogP contribution is 2.18. The van der Waals surface area contributed by atoms with Crippen molar-refractivity contribution >= 4 is 11.9 Å². The molecular weight excluding hydrogens is 258 g/mol. The quantitative estimate of drug-likeness (QED) is 0.772. The van der Waals surface area contributed by atoms with E-state index in [9.17, 15) is 9.59 Å². The molecule has 1 aliphatic heterocycles. The molecule has 0 aromatic carbocycles. The lowest BCUT2D eigenvalue weighted by Gasteiger charge is -2.31. The van der Waals surface area contributed by atoms with Crippen molar-refractivity contribution in [2.75, 3.05) is 20.2 Å². The van der Waals surface area contributed by atoms with Crippen molar-refractivity contribution in [1.82, 2.24) is 14.7 Å². The first-order valence-corrected chi connectivity index (χ1v) is 6.88. The molecule has 1 saturated heterocycles. The Labute approximate surface area is 118 Å². The molecule has 1 fully saturated rings. The molecule has 1 amide bonds. The summed E-state index contributed by atoms with van der Waals surface area (Å²) in [6, 6.07) is 1.95. The predicted molar refractivity (Wildman–Crippen MR) is 73.0 cm³/mol. The van der Waals surface area contributed by atoms with Crippen LogP contribution in [0.4, 0.5) is 0 Å². The van der Waals surface area contributed by atoms with Gasteiger partial charge in [0.1, 0.15) is 6.54 Å². The van der Waals surface area contributed by atoms with E-state index in [1.807, 2.05) is 19.9 Å². The van der Waals surface area contributed by atoms with Crippen molar-refractivity contribution < 1.29 is 14.3 Å². The molecule has 20 heavy (non-hydrogen) atoms. The second-order valence-electron chi connectivity index (χ2n) is 5.29. The normalized spacial score (nSPS) is 18.9. The maximum atomic E-state index is 12.3. The van der Waals surface area contributed by atoms with Crippen molar-refractivity contribution in [2.45, 2.75) is 33.2 Å². The molecule has 2 rings (SSSR count). The molecular formula is C14H21N3O3. The molecule has 1 aromatic rings. The van der Waals surface area contributed by atoms with Crippen molar-refractivity contribution in [1.29, 1.82) is 0 Å². The first kappa shape index (κ1) is 14.6. The summed E-state index contributed by atoms with van der Waals surface area (Å²) >= 11 is 0. The number of carbonyl (C=O) groups excluding carboxylic acids is 2. The molecule has 2 heterocycles. The number of aromatic nitrogens is 2. The van der Waals surface area contributed by atoms with Gasteiger partial charge in [-0.25, -0.2) is 0 Å². The molecule has 1 aromatic heterocycles. The minimum atomic E-state index is -0.228. The summed E-state index contributed by atoms with van der Waals surface area (Å²) in [6.07, 6.45) is 1.62. The van der Waals surface area contributed by atoms with Crippen LogP contribution in [0.25, 0.3) is 0 Å². The SMILES string of the molecule is COC(=O)C1CCCN(C(=O)Cn2nc(C)cc2C)C1. The van der Waals surface area contributed by atoms with E-state index in [2.05, 4.69) is 5.10 Å². The Kier molecular flexibility index (Phi) is 4.42. The topological polar surface area (TPSA) is 64.4 Å². The van der Waals surface area contributed by atoms with Crippen LogP contribution in [-0.2, 0) is 20.9 Å². The fraction of sp³-hybridized carbons (Fsp3) is 0.643. The summed E-state index contributed by atoms with van der Waals surface area (Å²) < 4.78 is 6.47. The maximum absolute atomic E-state index is 12.3. The number of aryl methyl sites for hydroxylation is 2. The van der Waals surface area contributed by atoms with Gasteiger partial charge in [-0.15, -0.1) is 0 Å². The largest absolute Gasteiger partial charge is 0.469 e. The van der Waals surface area contributed by atoms with Crippen LogP contribution in [0.2, 0.25) is 0 Å². The standard InChI is InChI=1S/C14H21N3O3/c1-10-7-11(2)17(15-10)9-13(18)16-6-4-5-12(8-16)14(19)20-3/h7,12H,4-6,8-9H2,1-3H3. The van der Waals surface area contributed by atoms with Crippen LogP contribution in [0.3, 0.4) is 0 Å². The lowest BCUT2D eigenvalue weighted by atomic mass is 9.98. The molecule has 1 atom stereocenters. The summed E-state index contributed by atoms with van der Waals surface area (Å²) in [4.78, 5) is 25.6. The Morgan fingerprint density at radius 1 is 1.45 bits per heavy atom. The van der Waals surface area contributed by atoms with Gasteiger partial charge in [-0.3, -0.25) is 14.3 Å². The van der Waals surface area contributed by atoms with Crippen LogP contribution in [-0.4, -0.2) is 46.8 Å². The highest BCUT2D eigenvalue weighted by molar-refractivity contribution is 5.78. The average molecular weight is 279 g/mol. The number of likely N-dealkylation sites (tertiary alicyclic amines) is 1. The van der Waals surface area contributed by atoms with Gasteiger partial charge in [-0.05, 0) is 32.8 Å². The van der Waals surface area contributed by atoms with Gasteiger partial charge in [0.25, 0.3) is 0 Å². The van der Waals surface area contributed by atoms with Crippen LogP contribution in [0, 0.1) is 19.8 Å². The first-order valence-electron chi connectivity index (χ1n) is 6.88. The van der Waals surface area contributed by atoms with Gasteiger partial charge in [0, 0.05) is 18.8 Å². The lowest BCUT2D eigenvalue weighted by molar-refractivity contribution is -0.149. The van der Waals surface area contributed by atoms with Crippen molar-refractivity contribution in [3.63, 3.8) is 0 Å². The Balaban J connectivity index is 1.98. The van der Waals surface area contributed by atoms with Gasteiger partial charge in [0.05, 0.1) is 18.7 Å². The third kappa shape index (κ3) is 3.18. The maximum Gasteiger partial charge on any atom is 0.310 e. The van der Waals surface area contributed by atoms with Gasteiger partial charge in [-0.2, -0.15) is 5.10 Å². The zero-order valence-electron chi connectivity index (χ0n) is 12.3. The summed E-state index contributed by atoms with van der Waals surface area (Å²) in [5, 5.41) is 4.29. The number of rotatable bonds is 3. The van der Waals surface area contributed by atoms with E-state index in [4.69, 9.17) is 4.74 Å². The molecule has 110 valence electrons. The first-order chi connectivity index (χ1) is 9.51. The van der Waals surface area contributed by atoms with Crippen LogP contribution >= 0.6 is 0 Å². The molecule has 6 heteroatoms. The molecule has 0 saturated carbocycles. The monoisotopic (exact) mass is 279 g/mol. The number of hydrogen-bond acceptors (Lipinski definition) is 4. The van der Waals surface area contributed by atoms with Gasteiger partial charge < -0.3 is 9.64 Å². The Morgan fingerprint density at radius 2 is 2.20 bits per heavy atom. The summed E-state index contributed by atoms with van der Waals surface area (Å²) in [5.41, 5.74) is 1.87. The summed E-state index contributed by atoms with van der Waals surface area (Å²) in [7, 11) is 1.39. The van der Waals surface area contributed by atoms with Crippen LogP contribution in [0.1, 0.15) is 24.2 Å². The van der Waals surface area contributed by atoms with Gasteiger partial charge >= 0.3 is 5.97 Å². The van der Waals surface area contributed by atoms with Crippen LogP contribution in [0.5, 0.6) is 0 Å². The summed E-state index contributed by atoms with van der Waals surface area (Å²) in [5.74, 6) is -0.420.